The molecule has 0 radical (unpaired) electrons. The highest BCUT2D eigenvalue weighted by atomic mass is 32.2. The normalized spacial score (nSPS) is 10.7. The van der Waals surface area contributed by atoms with Gasteiger partial charge < -0.3 is 4.90 Å². The van der Waals surface area contributed by atoms with Gasteiger partial charge in [0.2, 0.25) is 0 Å². The summed E-state index contributed by atoms with van der Waals surface area (Å²) in [5, 5.41) is 4.42. The minimum Gasteiger partial charge on any atom is -0.337 e. The summed E-state index contributed by atoms with van der Waals surface area (Å²) in [6.07, 6.45) is 4.00. The summed E-state index contributed by atoms with van der Waals surface area (Å²) in [7, 11) is 1.84. The van der Waals surface area contributed by atoms with Gasteiger partial charge >= 0.3 is 0 Å². The number of nitrogens with zero attached hydrogens (tertiary/aromatic N) is 3. The van der Waals surface area contributed by atoms with E-state index in [1.54, 1.807) is 16.7 Å². The van der Waals surface area contributed by atoms with Crippen molar-refractivity contribution < 1.29 is 4.79 Å². The average Bonchev–Trinajstić information content (AvgIpc) is 2.86. The number of aryl methyl sites for hydroxylation is 2. The van der Waals surface area contributed by atoms with Gasteiger partial charge in [-0.15, -0.1) is 11.8 Å². The van der Waals surface area contributed by atoms with Crippen LogP contribution in [0.2, 0.25) is 0 Å². The molecule has 0 aliphatic carbocycles. The molecule has 0 unspecified atom stereocenters. The van der Waals surface area contributed by atoms with Crippen LogP contribution in [0.5, 0.6) is 0 Å². The highest BCUT2D eigenvalue weighted by molar-refractivity contribution is 7.98. The number of carbonyl (C=O) groups excluding carboxylic acids is 1. The Morgan fingerprint density at radius 2 is 2.10 bits per heavy atom. The molecule has 112 valence electrons. The molecule has 2 aromatic rings. The molecule has 5 heteroatoms. The van der Waals surface area contributed by atoms with Crippen LogP contribution in [0.15, 0.2) is 35.4 Å². The largest absolute Gasteiger partial charge is 0.337 e. The SMILES string of the molecule is CCn1cc(CN(C)C(=O)c2ccccc2SC)c(C)n1. The smallest absolute Gasteiger partial charge is 0.255 e. The van der Waals surface area contributed by atoms with E-state index >= 15 is 0 Å². The third-order valence-corrected chi connectivity index (χ3v) is 4.26. The fourth-order valence-corrected chi connectivity index (χ4v) is 2.82. The van der Waals surface area contributed by atoms with Crippen molar-refractivity contribution in [1.82, 2.24) is 14.7 Å². The van der Waals surface area contributed by atoms with Gasteiger partial charge in [-0.1, -0.05) is 12.1 Å². The minimum atomic E-state index is 0.0450. The molecule has 0 saturated carbocycles. The zero-order valence-corrected chi connectivity index (χ0v) is 13.8. The molecule has 1 aromatic heterocycles. The predicted molar refractivity (Wildman–Crippen MR) is 86.7 cm³/mol. The van der Waals surface area contributed by atoms with Gasteiger partial charge in [0.25, 0.3) is 5.91 Å². The van der Waals surface area contributed by atoms with Crippen LogP contribution >= 0.6 is 11.8 Å². The maximum absolute atomic E-state index is 12.6. The zero-order chi connectivity index (χ0) is 15.4. The molecule has 1 aromatic carbocycles. The minimum absolute atomic E-state index is 0.0450. The van der Waals surface area contributed by atoms with Gasteiger partial charge in [-0.3, -0.25) is 9.48 Å². The molecule has 0 aliphatic heterocycles. The van der Waals surface area contributed by atoms with Crippen LogP contribution in [0.25, 0.3) is 0 Å². The number of rotatable bonds is 5. The Balaban J connectivity index is 2.17. The summed E-state index contributed by atoms with van der Waals surface area (Å²) >= 11 is 1.59. The third-order valence-electron chi connectivity index (χ3n) is 3.46. The molecule has 0 fully saturated rings. The summed E-state index contributed by atoms with van der Waals surface area (Å²) in [5.41, 5.74) is 2.83. The molecule has 0 saturated heterocycles. The Morgan fingerprint density at radius 3 is 2.71 bits per heavy atom. The molecule has 0 atom stereocenters. The number of benzene rings is 1. The number of aromatic nitrogens is 2. The van der Waals surface area contributed by atoms with Gasteiger partial charge in [0.15, 0.2) is 0 Å². The molecule has 2 rings (SSSR count). The van der Waals surface area contributed by atoms with Crippen molar-refractivity contribution in [1.29, 1.82) is 0 Å². The van der Waals surface area contributed by atoms with Crippen molar-refractivity contribution in [3.05, 3.63) is 47.3 Å². The Hall–Kier alpha value is -1.75. The number of thioether (sulfide) groups is 1. The molecular formula is C16H21N3OS. The molecule has 1 amide bonds. The van der Waals surface area contributed by atoms with E-state index in [1.165, 1.54) is 0 Å². The molecule has 4 nitrogen and oxygen atoms in total. The van der Waals surface area contributed by atoms with Crippen LogP contribution in [-0.4, -0.2) is 33.9 Å². The summed E-state index contributed by atoms with van der Waals surface area (Å²) < 4.78 is 1.90. The van der Waals surface area contributed by atoms with Crippen molar-refractivity contribution in [3.63, 3.8) is 0 Å². The second-order valence-corrected chi connectivity index (χ2v) is 5.81. The number of hydrogen-bond donors (Lipinski definition) is 0. The van der Waals surface area contributed by atoms with E-state index in [-0.39, 0.29) is 5.91 Å². The van der Waals surface area contributed by atoms with E-state index in [9.17, 15) is 4.79 Å². The summed E-state index contributed by atoms with van der Waals surface area (Å²) in [6, 6.07) is 7.72. The first kappa shape index (κ1) is 15.6. The lowest BCUT2D eigenvalue weighted by atomic mass is 10.2. The van der Waals surface area contributed by atoms with Crippen LogP contribution in [0.1, 0.15) is 28.5 Å². The zero-order valence-electron chi connectivity index (χ0n) is 13.0. The van der Waals surface area contributed by atoms with Crippen LogP contribution in [0.3, 0.4) is 0 Å². The highest BCUT2D eigenvalue weighted by Gasteiger charge is 2.17. The molecule has 21 heavy (non-hydrogen) atoms. The fourth-order valence-electron chi connectivity index (χ4n) is 2.23. The standard InChI is InChI=1S/C16H21N3OS/c1-5-19-11-13(12(2)17-19)10-18(3)16(20)14-8-6-7-9-15(14)21-4/h6-9,11H,5,10H2,1-4H3. The van der Waals surface area contributed by atoms with E-state index in [0.717, 1.165) is 28.3 Å². The van der Waals surface area contributed by atoms with E-state index in [1.807, 2.05) is 55.4 Å². The van der Waals surface area contributed by atoms with Gasteiger partial charge in [0.05, 0.1) is 11.3 Å². The quantitative estimate of drug-likeness (QED) is 0.796. The molecule has 0 spiro atoms. The summed E-state index contributed by atoms with van der Waals surface area (Å²) in [5.74, 6) is 0.0450. The Kier molecular flexibility index (Phi) is 5.07. The Morgan fingerprint density at radius 1 is 1.38 bits per heavy atom. The van der Waals surface area contributed by atoms with Gasteiger partial charge in [0, 0.05) is 36.8 Å². The van der Waals surface area contributed by atoms with Gasteiger partial charge in [-0.05, 0) is 32.2 Å². The molecular weight excluding hydrogens is 282 g/mol. The summed E-state index contributed by atoms with van der Waals surface area (Å²) in [4.78, 5) is 15.4. The molecule has 0 aliphatic rings. The van der Waals surface area contributed by atoms with Crippen molar-refractivity contribution in [2.75, 3.05) is 13.3 Å². The van der Waals surface area contributed by atoms with Gasteiger partial charge in [-0.2, -0.15) is 5.10 Å². The van der Waals surface area contributed by atoms with Crippen LogP contribution in [-0.2, 0) is 13.1 Å². The lowest BCUT2D eigenvalue weighted by molar-refractivity contribution is 0.0781. The molecule has 0 bridgehead atoms. The highest BCUT2D eigenvalue weighted by Crippen LogP contribution is 2.21. The van der Waals surface area contributed by atoms with Crippen LogP contribution in [0.4, 0.5) is 0 Å². The maximum atomic E-state index is 12.6. The van der Waals surface area contributed by atoms with Gasteiger partial charge in [0.1, 0.15) is 0 Å². The van der Waals surface area contributed by atoms with E-state index < -0.39 is 0 Å². The predicted octanol–water partition coefficient (Wildman–Crippen LogP) is 3.21. The van der Waals surface area contributed by atoms with Crippen LogP contribution < -0.4 is 0 Å². The summed E-state index contributed by atoms with van der Waals surface area (Å²) in [6.45, 7) is 5.46. The third kappa shape index (κ3) is 3.47. The molecule has 1 heterocycles. The lowest BCUT2D eigenvalue weighted by Crippen LogP contribution is -2.26. The van der Waals surface area contributed by atoms with Crippen molar-refractivity contribution in [2.45, 2.75) is 31.8 Å². The van der Waals surface area contributed by atoms with Crippen molar-refractivity contribution >= 4 is 17.7 Å². The number of hydrogen-bond acceptors (Lipinski definition) is 3. The monoisotopic (exact) mass is 303 g/mol. The van der Waals surface area contributed by atoms with E-state index in [4.69, 9.17) is 0 Å². The second kappa shape index (κ2) is 6.80. The Bertz CT molecular complexity index is 636. The van der Waals surface area contributed by atoms with Gasteiger partial charge in [-0.25, -0.2) is 0 Å². The fraction of sp³-hybridized carbons (Fsp3) is 0.375. The first-order valence-corrected chi connectivity index (χ1v) is 8.20. The maximum Gasteiger partial charge on any atom is 0.255 e. The van der Waals surface area contributed by atoms with Crippen molar-refractivity contribution in [3.8, 4) is 0 Å². The van der Waals surface area contributed by atoms with E-state index in [2.05, 4.69) is 12.0 Å². The lowest BCUT2D eigenvalue weighted by Gasteiger charge is -2.18. The van der Waals surface area contributed by atoms with Crippen molar-refractivity contribution in [2.24, 2.45) is 0 Å². The number of carbonyl (C=O) groups is 1. The first-order valence-electron chi connectivity index (χ1n) is 6.98. The topological polar surface area (TPSA) is 38.1 Å². The molecule has 0 N–H and O–H groups in total. The van der Waals surface area contributed by atoms with E-state index in [0.29, 0.717) is 6.54 Å². The Labute approximate surface area is 130 Å². The second-order valence-electron chi connectivity index (χ2n) is 4.96. The average molecular weight is 303 g/mol. The number of amides is 1. The van der Waals surface area contributed by atoms with Crippen LogP contribution in [0, 0.1) is 6.92 Å². The first-order chi connectivity index (χ1) is 10.1.